The van der Waals surface area contributed by atoms with Crippen molar-refractivity contribution in [3.05, 3.63) is 47.1 Å². The Morgan fingerprint density at radius 3 is 2.72 bits per heavy atom. The Morgan fingerprint density at radius 1 is 1.11 bits per heavy atom. The molecule has 0 radical (unpaired) electrons. The minimum atomic E-state index is 0.314. The van der Waals surface area contributed by atoms with Crippen LogP contribution in [0.5, 0.6) is 0 Å². The molecule has 1 aromatic rings. The number of allylic oxidation sites excluding steroid dienone is 4. The number of nitrogens with zero attached hydrogens (tertiary/aromatic N) is 1. The van der Waals surface area contributed by atoms with Crippen molar-refractivity contribution in [1.29, 1.82) is 0 Å². The Kier molecular flexibility index (Phi) is 7.13. The van der Waals surface area contributed by atoms with Crippen LogP contribution in [0.4, 0.5) is 11.4 Å². The molecule has 0 saturated heterocycles. The Bertz CT molecular complexity index is 1050. The van der Waals surface area contributed by atoms with Crippen molar-refractivity contribution in [3.8, 4) is 0 Å². The van der Waals surface area contributed by atoms with Crippen molar-refractivity contribution >= 4 is 17.6 Å². The summed E-state index contributed by atoms with van der Waals surface area (Å²) in [6.07, 6.45) is 20.9. The number of aryl methyl sites for hydroxylation is 1. The minimum absolute atomic E-state index is 0.314. The third-order valence-electron chi connectivity index (χ3n) is 10.9. The summed E-state index contributed by atoms with van der Waals surface area (Å²) in [7, 11) is 0. The number of rotatable bonds is 8. The molecular formula is C33H49N3. The van der Waals surface area contributed by atoms with E-state index in [9.17, 15) is 0 Å². The highest BCUT2D eigenvalue weighted by molar-refractivity contribution is 5.84. The van der Waals surface area contributed by atoms with E-state index in [1.807, 2.05) is 18.2 Å². The van der Waals surface area contributed by atoms with Crippen molar-refractivity contribution < 1.29 is 0 Å². The number of nitrogen functional groups attached to an aromatic ring is 1. The molecule has 2 fully saturated rings. The molecule has 3 heteroatoms. The lowest BCUT2D eigenvalue weighted by atomic mass is 9.53. The largest absolute Gasteiger partial charge is 0.399 e. The van der Waals surface area contributed by atoms with Crippen LogP contribution in [0.15, 0.2) is 46.6 Å². The maximum atomic E-state index is 5.96. The molecule has 0 bridgehead atoms. The predicted molar refractivity (Wildman–Crippen MR) is 155 cm³/mol. The Balaban J connectivity index is 1.40. The highest BCUT2D eigenvalue weighted by atomic mass is 15.3. The number of hydrogen-bond acceptors (Lipinski definition) is 3. The van der Waals surface area contributed by atoms with Crippen molar-refractivity contribution in [2.45, 2.75) is 98.8 Å². The van der Waals surface area contributed by atoms with E-state index < -0.39 is 0 Å². The standard InChI is InChI=1S/C33H49N3/c1-22(2)10-6-7-11-24-13-15-28-31-26(21-35-36-30-16-14-25(34)20-23(30)3)27-12-8-9-18-33(27,5)29(31)17-19-32(24,28)4/h8,12,14,16,20-22,24,28-29,31,36H,6-7,9-11,13,15,17-19,34H2,1-5H3/b35-21+. The van der Waals surface area contributed by atoms with Crippen LogP contribution in [0.25, 0.3) is 0 Å². The fraction of sp³-hybridized carbons (Fsp3) is 0.667. The van der Waals surface area contributed by atoms with Crippen molar-refractivity contribution in [2.75, 3.05) is 11.2 Å². The van der Waals surface area contributed by atoms with Gasteiger partial charge >= 0.3 is 0 Å². The second-order valence-electron chi connectivity index (χ2n) is 13.4. The molecule has 0 aromatic heterocycles. The molecule has 4 aliphatic carbocycles. The fourth-order valence-corrected chi connectivity index (χ4v) is 8.85. The molecule has 6 unspecified atom stereocenters. The lowest BCUT2D eigenvalue weighted by molar-refractivity contribution is 0.0000323. The quantitative estimate of drug-likeness (QED) is 0.166. The van der Waals surface area contributed by atoms with Gasteiger partial charge in [-0.2, -0.15) is 5.10 Å². The highest BCUT2D eigenvalue weighted by Crippen LogP contribution is 2.69. The van der Waals surface area contributed by atoms with Gasteiger partial charge < -0.3 is 5.73 Å². The van der Waals surface area contributed by atoms with E-state index in [0.717, 1.165) is 40.6 Å². The van der Waals surface area contributed by atoms with Gasteiger partial charge in [0.2, 0.25) is 0 Å². The molecule has 3 nitrogen and oxygen atoms in total. The minimum Gasteiger partial charge on any atom is -0.399 e. The summed E-state index contributed by atoms with van der Waals surface area (Å²) >= 11 is 0. The predicted octanol–water partition coefficient (Wildman–Crippen LogP) is 8.92. The molecule has 2 saturated carbocycles. The molecule has 6 atom stereocenters. The van der Waals surface area contributed by atoms with Gasteiger partial charge in [-0.3, -0.25) is 5.43 Å². The summed E-state index contributed by atoms with van der Waals surface area (Å²) in [4.78, 5) is 0. The number of hydrogen-bond donors (Lipinski definition) is 2. The number of benzene rings is 1. The first-order chi connectivity index (χ1) is 17.2. The molecule has 0 aliphatic heterocycles. The number of unbranched alkanes of at least 4 members (excludes halogenated alkanes) is 1. The first-order valence-corrected chi connectivity index (χ1v) is 14.8. The summed E-state index contributed by atoms with van der Waals surface area (Å²) < 4.78 is 0. The van der Waals surface area contributed by atoms with Crippen LogP contribution in [0.3, 0.4) is 0 Å². The van der Waals surface area contributed by atoms with Gasteiger partial charge in [0.05, 0.1) is 11.9 Å². The molecule has 5 rings (SSSR count). The maximum absolute atomic E-state index is 5.96. The second-order valence-corrected chi connectivity index (χ2v) is 13.4. The molecule has 1 aromatic carbocycles. The number of anilines is 2. The van der Waals surface area contributed by atoms with E-state index in [2.05, 4.69) is 58.4 Å². The Hall–Kier alpha value is -2.03. The van der Waals surface area contributed by atoms with Crippen LogP contribution in [0, 0.1) is 47.3 Å². The molecule has 36 heavy (non-hydrogen) atoms. The lowest BCUT2D eigenvalue weighted by Gasteiger charge is -2.51. The summed E-state index contributed by atoms with van der Waals surface area (Å²) in [5.74, 6) is 3.97. The van der Waals surface area contributed by atoms with E-state index in [-0.39, 0.29) is 0 Å². The smallest absolute Gasteiger partial charge is 0.0592 e. The fourth-order valence-electron chi connectivity index (χ4n) is 8.85. The van der Waals surface area contributed by atoms with Crippen LogP contribution in [0.1, 0.15) is 97.5 Å². The Labute approximate surface area is 220 Å². The summed E-state index contributed by atoms with van der Waals surface area (Å²) in [6.45, 7) is 12.1. The van der Waals surface area contributed by atoms with Crippen LogP contribution in [-0.4, -0.2) is 6.21 Å². The average molecular weight is 488 g/mol. The van der Waals surface area contributed by atoms with Crippen LogP contribution >= 0.6 is 0 Å². The maximum Gasteiger partial charge on any atom is 0.0592 e. The second kappa shape index (κ2) is 10.0. The molecule has 0 heterocycles. The van der Waals surface area contributed by atoms with E-state index >= 15 is 0 Å². The Morgan fingerprint density at radius 2 is 1.94 bits per heavy atom. The molecule has 196 valence electrons. The monoisotopic (exact) mass is 487 g/mol. The first-order valence-electron chi connectivity index (χ1n) is 14.8. The number of fused-ring (bicyclic) bond motifs is 5. The topological polar surface area (TPSA) is 50.4 Å². The first kappa shape index (κ1) is 25.6. The van der Waals surface area contributed by atoms with Gasteiger partial charge in [-0.15, -0.1) is 0 Å². The molecule has 4 aliphatic rings. The highest BCUT2D eigenvalue weighted by Gasteiger charge is 2.61. The van der Waals surface area contributed by atoms with Crippen molar-refractivity contribution in [1.82, 2.24) is 0 Å². The van der Waals surface area contributed by atoms with Crippen LogP contribution < -0.4 is 11.2 Å². The van der Waals surface area contributed by atoms with E-state index in [4.69, 9.17) is 10.8 Å². The van der Waals surface area contributed by atoms with Gasteiger partial charge in [-0.05, 0) is 127 Å². The molecule has 0 spiro atoms. The van der Waals surface area contributed by atoms with Gasteiger partial charge in [0.25, 0.3) is 0 Å². The zero-order valence-corrected chi connectivity index (χ0v) is 23.4. The molecule has 3 N–H and O–H groups in total. The number of nitrogens with two attached hydrogens (primary N) is 1. The third-order valence-corrected chi connectivity index (χ3v) is 10.9. The van der Waals surface area contributed by atoms with Gasteiger partial charge in [0, 0.05) is 5.69 Å². The normalized spacial score (nSPS) is 35.4. The van der Waals surface area contributed by atoms with Gasteiger partial charge in [-0.1, -0.05) is 59.1 Å². The SMILES string of the molecule is Cc1cc(N)ccc1N/N=C/C1=C2C=CCCC2(C)C2CCC3(C)C(CCCCC(C)C)CCC3C12. The van der Waals surface area contributed by atoms with E-state index in [1.165, 1.54) is 69.8 Å². The van der Waals surface area contributed by atoms with Gasteiger partial charge in [0.1, 0.15) is 0 Å². The van der Waals surface area contributed by atoms with Crippen LogP contribution in [-0.2, 0) is 0 Å². The lowest BCUT2D eigenvalue weighted by Crippen LogP contribution is -2.44. The average Bonchev–Trinajstić information content (AvgIpc) is 3.29. The number of hydrazone groups is 1. The van der Waals surface area contributed by atoms with Crippen molar-refractivity contribution in [3.63, 3.8) is 0 Å². The van der Waals surface area contributed by atoms with Crippen LogP contribution in [0.2, 0.25) is 0 Å². The molecular weight excluding hydrogens is 438 g/mol. The molecule has 0 amide bonds. The van der Waals surface area contributed by atoms with Gasteiger partial charge in [0.15, 0.2) is 0 Å². The zero-order valence-electron chi connectivity index (χ0n) is 23.4. The summed E-state index contributed by atoms with van der Waals surface area (Å²) in [5, 5.41) is 4.85. The summed E-state index contributed by atoms with van der Waals surface area (Å²) in [6, 6.07) is 6.00. The van der Waals surface area contributed by atoms with Gasteiger partial charge in [-0.25, -0.2) is 0 Å². The zero-order chi connectivity index (χ0) is 25.5. The van der Waals surface area contributed by atoms with E-state index in [0.29, 0.717) is 16.7 Å². The third kappa shape index (κ3) is 4.45. The van der Waals surface area contributed by atoms with E-state index in [1.54, 1.807) is 5.57 Å². The number of nitrogens with one attached hydrogen (secondary N) is 1. The summed E-state index contributed by atoms with van der Waals surface area (Å²) in [5.41, 5.74) is 16.2. The van der Waals surface area contributed by atoms with Crippen molar-refractivity contribution in [2.24, 2.45) is 45.5 Å².